The predicted molar refractivity (Wildman–Crippen MR) is 97.9 cm³/mol. The third kappa shape index (κ3) is 5.18. The molecular formula is C20H26N2O2. The zero-order valence-electron chi connectivity index (χ0n) is 14.6. The Morgan fingerprint density at radius 2 is 1.88 bits per heavy atom. The molecule has 1 amide bonds. The van der Waals surface area contributed by atoms with E-state index in [0.717, 1.165) is 36.4 Å². The Hall–Kier alpha value is -2.17. The summed E-state index contributed by atoms with van der Waals surface area (Å²) in [6, 6.07) is 14.0. The van der Waals surface area contributed by atoms with Crippen molar-refractivity contribution >= 4 is 5.91 Å². The van der Waals surface area contributed by atoms with Gasteiger partial charge in [0.05, 0.1) is 12.7 Å². The Labute approximate surface area is 144 Å². The van der Waals surface area contributed by atoms with Crippen LogP contribution in [0.15, 0.2) is 42.5 Å². The van der Waals surface area contributed by atoms with Crippen molar-refractivity contribution < 1.29 is 9.53 Å². The van der Waals surface area contributed by atoms with Gasteiger partial charge in [-0.2, -0.15) is 0 Å². The van der Waals surface area contributed by atoms with Gasteiger partial charge in [0.2, 0.25) is 5.91 Å². The summed E-state index contributed by atoms with van der Waals surface area (Å²) in [6.45, 7) is 8.45. The SMILES string of the molecule is Cc1cc(C(N)=O)ccc1-c1ccc(CNCCOC(C)C)cc1. The van der Waals surface area contributed by atoms with E-state index in [1.165, 1.54) is 5.56 Å². The van der Waals surface area contributed by atoms with Gasteiger partial charge in [0.15, 0.2) is 0 Å². The van der Waals surface area contributed by atoms with Crippen molar-refractivity contribution in [2.45, 2.75) is 33.4 Å². The first kappa shape index (κ1) is 18.2. The molecule has 4 heteroatoms. The lowest BCUT2D eigenvalue weighted by atomic mass is 9.97. The highest BCUT2D eigenvalue weighted by Crippen LogP contribution is 2.24. The summed E-state index contributed by atoms with van der Waals surface area (Å²) >= 11 is 0. The second-order valence-electron chi connectivity index (χ2n) is 6.19. The number of carbonyl (C=O) groups excluding carboxylic acids is 1. The van der Waals surface area contributed by atoms with Crippen LogP contribution in [0.25, 0.3) is 11.1 Å². The zero-order valence-corrected chi connectivity index (χ0v) is 14.6. The summed E-state index contributed by atoms with van der Waals surface area (Å²) in [6.07, 6.45) is 0.273. The first-order valence-corrected chi connectivity index (χ1v) is 8.29. The maximum Gasteiger partial charge on any atom is 0.248 e. The van der Waals surface area contributed by atoms with Crippen molar-refractivity contribution in [2.75, 3.05) is 13.2 Å². The fraction of sp³-hybridized carbons (Fsp3) is 0.350. The molecule has 0 bridgehead atoms. The minimum Gasteiger partial charge on any atom is -0.377 e. The second-order valence-corrected chi connectivity index (χ2v) is 6.19. The number of ether oxygens (including phenoxy) is 1. The highest BCUT2D eigenvalue weighted by molar-refractivity contribution is 5.93. The molecular weight excluding hydrogens is 300 g/mol. The van der Waals surface area contributed by atoms with Crippen LogP contribution >= 0.6 is 0 Å². The quantitative estimate of drug-likeness (QED) is 0.732. The standard InChI is InChI=1S/C20H26N2O2/c1-14(2)24-11-10-22-13-16-4-6-17(7-5-16)19-9-8-18(20(21)23)12-15(19)3/h4-9,12,14,22H,10-11,13H2,1-3H3,(H2,21,23). The summed E-state index contributed by atoms with van der Waals surface area (Å²) in [7, 11) is 0. The van der Waals surface area contributed by atoms with E-state index in [-0.39, 0.29) is 6.10 Å². The average molecular weight is 326 g/mol. The third-order valence-electron chi connectivity index (χ3n) is 3.84. The number of nitrogens with two attached hydrogens (primary N) is 1. The van der Waals surface area contributed by atoms with Crippen molar-refractivity contribution in [3.8, 4) is 11.1 Å². The molecule has 0 aliphatic carbocycles. The highest BCUT2D eigenvalue weighted by atomic mass is 16.5. The molecule has 0 aliphatic rings. The topological polar surface area (TPSA) is 64.4 Å². The van der Waals surface area contributed by atoms with E-state index in [0.29, 0.717) is 5.56 Å². The molecule has 2 aromatic carbocycles. The Morgan fingerprint density at radius 1 is 1.17 bits per heavy atom. The summed E-state index contributed by atoms with van der Waals surface area (Å²) in [4.78, 5) is 11.2. The molecule has 0 unspecified atom stereocenters. The van der Waals surface area contributed by atoms with E-state index >= 15 is 0 Å². The van der Waals surface area contributed by atoms with Gasteiger partial charge in [-0.15, -0.1) is 0 Å². The van der Waals surface area contributed by atoms with Crippen molar-refractivity contribution in [3.63, 3.8) is 0 Å². The van der Waals surface area contributed by atoms with E-state index in [9.17, 15) is 4.79 Å². The Balaban J connectivity index is 1.95. The monoisotopic (exact) mass is 326 g/mol. The van der Waals surface area contributed by atoms with E-state index in [4.69, 9.17) is 10.5 Å². The van der Waals surface area contributed by atoms with Crippen molar-refractivity contribution in [1.29, 1.82) is 0 Å². The largest absolute Gasteiger partial charge is 0.377 e. The Kier molecular flexibility index (Phi) is 6.53. The Bertz CT molecular complexity index is 679. The van der Waals surface area contributed by atoms with Crippen molar-refractivity contribution in [2.24, 2.45) is 5.73 Å². The van der Waals surface area contributed by atoms with Gasteiger partial charge >= 0.3 is 0 Å². The van der Waals surface area contributed by atoms with E-state index < -0.39 is 5.91 Å². The van der Waals surface area contributed by atoms with E-state index in [1.807, 2.05) is 32.9 Å². The molecule has 2 aromatic rings. The smallest absolute Gasteiger partial charge is 0.248 e. The number of benzene rings is 2. The number of hydrogen-bond donors (Lipinski definition) is 2. The molecule has 0 heterocycles. The fourth-order valence-electron chi connectivity index (χ4n) is 2.54. The molecule has 0 aliphatic heterocycles. The van der Waals surface area contributed by atoms with Gasteiger partial charge in [0.1, 0.15) is 0 Å². The minimum atomic E-state index is -0.396. The van der Waals surface area contributed by atoms with Crippen LogP contribution in [0.5, 0.6) is 0 Å². The maximum atomic E-state index is 11.2. The van der Waals surface area contributed by atoms with Crippen LogP contribution in [-0.4, -0.2) is 25.2 Å². The van der Waals surface area contributed by atoms with Crippen LogP contribution in [-0.2, 0) is 11.3 Å². The van der Waals surface area contributed by atoms with Crippen LogP contribution in [0.1, 0.15) is 35.3 Å². The van der Waals surface area contributed by atoms with Gasteiger partial charge in [-0.05, 0) is 55.2 Å². The summed E-state index contributed by atoms with van der Waals surface area (Å²) < 4.78 is 5.50. The summed E-state index contributed by atoms with van der Waals surface area (Å²) in [5.41, 5.74) is 10.4. The molecule has 0 saturated carbocycles. The predicted octanol–water partition coefficient (Wildman–Crippen LogP) is 3.28. The molecule has 0 aromatic heterocycles. The van der Waals surface area contributed by atoms with E-state index in [2.05, 4.69) is 29.6 Å². The lowest BCUT2D eigenvalue weighted by Crippen LogP contribution is -2.20. The fourth-order valence-corrected chi connectivity index (χ4v) is 2.54. The van der Waals surface area contributed by atoms with Gasteiger partial charge in [0.25, 0.3) is 0 Å². The van der Waals surface area contributed by atoms with Crippen LogP contribution in [0.4, 0.5) is 0 Å². The van der Waals surface area contributed by atoms with Gasteiger partial charge in [-0.1, -0.05) is 30.3 Å². The second kappa shape index (κ2) is 8.62. The van der Waals surface area contributed by atoms with Gasteiger partial charge < -0.3 is 15.8 Å². The van der Waals surface area contributed by atoms with E-state index in [1.54, 1.807) is 6.07 Å². The number of hydrogen-bond acceptors (Lipinski definition) is 3. The normalized spacial score (nSPS) is 11.0. The number of amides is 1. The van der Waals surface area contributed by atoms with Gasteiger partial charge in [0, 0.05) is 18.7 Å². The van der Waals surface area contributed by atoms with Gasteiger partial charge in [-0.3, -0.25) is 4.79 Å². The van der Waals surface area contributed by atoms with Crippen molar-refractivity contribution in [1.82, 2.24) is 5.32 Å². The zero-order chi connectivity index (χ0) is 17.5. The molecule has 3 N–H and O–H groups in total. The maximum absolute atomic E-state index is 11.2. The third-order valence-corrected chi connectivity index (χ3v) is 3.84. The Morgan fingerprint density at radius 3 is 2.46 bits per heavy atom. The number of nitrogens with one attached hydrogen (secondary N) is 1. The van der Waals surface area contributed by atoms with Gasteiger partial charge in [-0.25, -0.2) is 0 Å². The number of aryl methyl sites for hydroxylation is 1. The van der Waals surface area contributed by atoms with Crippen LogP contribution in [0.3, 0.4) is 0 Å². The molecule has 0 radical (unpaired) electrons. The number of rotatable bonds is 8. The van der Waals surface area contributed by atoms with Crippen LogP contribution in [0, 0.1) is 6.92 Å². The molecule has 24 heavy (non-hydrogen) atoms. The average Bonchev–Trinajstić information content (AvgIpc) is 2.55. The highest BCUT2D eigenvalue weighted by Gasteiger charge is 2.06. The molecule has 4 nitrogen and oxygen atoms in total. The first-order chi connectivity index (χ1) is 11.5. The molecule has 0 saturated heterocycles. The minimum absolute atomic E-state index is 0.273. The first-order valence-electron chi connectivity index (χ1n) is 8.29. The molecule has 0 fully saturated rings. The summed E-state index contributed by atoms with van der Waals surface area (Å²) in [5.74, 6) is -0.396. The lowest BCUT2D eigenvalue weighted by Gasteiger charge is -2.10. The van der Waals surface area contributed by atoms with Crippen LogP contribution < -0.4 is 11.1 Å². The molecule has 128 valence electrons. The van der Waals surface area contributed by atoms with Crippen LogP contribution in [0.2, 0.25) is 0 Å². The van der Waals surface area contributed by atoms with Crippen molar-refractivity contribution in [3.05, 3.63) is 59.2 Å². The molecule has 0 spiro atoms. The molecule has 2 rings (SSSR count). The lowest BCUT2D eigenvalue weighted by molar-refractivity contribution is 0.0807. The number of primary amides is 1. The number of carbonyl (C=O) groups is 1. The molecule has 0 atom stereocenters. The summed E-state index contributed by atoms with van der Waals surface area (Å²) in [5, 5.41) is 3.37.